The highest BCUT2D eigenvalue weighted by Crippen LogP contribution is 2.20. The van der Waals surface area contributed by atoms with Gasteiger partial charge in [-0.05, 0) is 31.2 Å². The fourth-order valence-electron chi connectivity index (χ4n) is 1.37. The van der Waals surface area contributed by atoms with E-state index in [1.165, 1.54) is 0 Å². The second-order valence-corrected chi connectivity index (χ2v) is 4.43. The molecule has 0 radical (unpaired) electrons. The van der Waals surface area contributed by atoms with Crippen molar-refractivity contribution in [2.75, 3.05) is 19.7 Å². The Labute approximate surface area is 87.1 Å². The quantitative estimate of drug-likeness (QED) is 0.583. The van der Waals surface area contributed by atoms with Gasteiger partial charge in [-0.2, -0.15) is 5.26 Å². The van der Waals surface area contributed by atoms with Gasteiger partial charge in [0.1, 0.15) is 0 Å². The number of aliphatic hydroxyl groups excluding tert-OH is 1. The van der Waals surface area contributed by atoms with E-state index in [2.05, 4.69) is 25.2 Å². The van der Waals surface area contributed by atoms with E-state index in [9.17, 15) is 0 Å². The van der Waals surface area contributed by atoms with Crippen LogP contribution in [0, 0.1) is 16.7 Å². The Balaban J connectivity index is 3.41. The second-order valence-electron chi connectivity index (χ2n) is 4.43. The molecule has 0 aliphatic rings. The maximum atomic E-state index is 8.71. The van der Waals surface area contributed by atoms with E-state index in [1.807, 2.05) is 0 Å². The molecule has 82 valence electrons. The largest absolute Gasteiger partial charge is 0.396 e. The van der Waals surface area contributed by atoms with Crippen LogP contribution in [0.3, 0.4) is 0 Å². The van der Waals surface area contributed by atoms with Crippen molar-refractivity contribution in [3.05, 3.63) is 0 Å². The highest BCUT2D eigenvalue weighted by molar-refractivity contribution is 4.73. The summed E-state index contributed by atoms with van der Waals surface area (Å²) in [5.41, 5.74) is 0.245. The number of unbranched alkanes of at least 4 members (excludes halogenated alkanes) is 1. The van der Waals surface area contributed by atoms with Crippen LogP contribution in [0.2, 0.25) is 0 Å². The summed E-state index contributed by atoms with van der Waals surface area (Å²) in [5.74, 6) is 0. The molecule has 0 aliphatic heterocycles. The molecule has 0 unspecified atom stereocenters. The van der Waals surface area contributed by atoms with Crippen molar-refractivity contribution < 1.29 is 5.11 Å². The van der Waals surface area contributed by atoms with Crippen molar-refractivity contribution in [1.29, 1.82) is 5.26 Å². The van der Waals surface area contributed by atoms with Gasteiger partial charge in [0.2, 0.25) is 0 Å². The number of aliphatic hydroxyl groups is 1. The zero-order valence-electron chi connectivity index (χ0n) is 9.34. The Morgan fingerprint density at radius 2 is 2.07 bits per heavy atom. The summed E-state index contributed by atoms with van der Waals surface area (Å²) in [4.78, 5) is 0. The van der Waals surface area contributed by atoms with E-state index in [-0.39, 0.29) is 12.0 Å². The lowest BCUT2D eigenvalue weighted by molar-refractivity contribution is 0.236. The first-order valence-electron chi connectivity index (χ1n) is 5.31. The van der Waals surface area contributed by atoms with Crippen molar-refractivity contribution in [2.45, 2.75) is 39.5 Å². The second kappa shape index (κ2) is 7.78. The number of rotatable bonds is 8. The minimum absolute atomic E-state index is 0.245. The summed E-state index contributed by atoms with van der Waals surface area (Å²) >= 11 is 0. The summed E-state index contributed by atoms with van der Waals surface area (Å²) in [6, 6.07) is 2.13. The van der Waals surface area contributed by atoms with Gasteiger partial charge in [-0.3, -0.25) is 0 Å². The van der Waals surface area contributed by atoms with Gasteiger partial charge in [0.05, 0.1) is 6.07 Å². The van der Waals surface area contributed by atoms with Crippen LogP contribution in [0.25, 0.3) is 0 Å². The topological polar surface area (TPSA) is 56.0 Å². The molecule has 3 nitrogen and oxygen atoms in total. The van der Waals surface area contributed by atoms with Crippen molar-refractivity contribution in [3.63, 3.8) is 0 Å². The zero-order chi connectivity index (χ0) is 10.9. The van der Waals surface area contributed by atoms with Crippen LogP contribution in [0.15, 0.2) is 0 Å². The summed E-state index contributed by atoms with van der Waals surface area (Å²) in [5, 5.41) is 20.4. The molecular formula is C11H22N2O. The first kappa shape index (κ1) is 13.4. The Kier molecular flexibility index (Phi) is 7.45. The van der Waals surface area contributed by atoms with Crippen LogP contribution in [-0.2, 0) is 0 Å². The van der Waals surface area contributed by atoms with E-state index in [0.29, 0.717) is 6.42 Å². The van der Waals surface area contributed by atoms with Crippen LogP contribution in [0.1, 0.15) is 39.5 Å². The van der Waals surface area contributed by atoms with E-state index in [4.69, 9.17) is 10.4 Å². The Morgan fingerprint density at radius 1 is 1.36 bits per heavy atom. The third kappa shape index (κ3) is 8.03. The predicted molar refractivity (Wildman–Crippen MR) is 57.8 cm³/mol. The highest BCUT2D eigenvalue weighted by Gasteiger charge is 2.15. The SMILES string of the molecule is CC(C)(CCCO)CNCCCC#N. The molecule has 2 N–H and O–H groups in total. The summed E-state index contributed by atoms with van der Waals surface area (Å²) in [6.45, 7) is 6.53. The lowest BCUT2D eigenvalue weighted by Crippen LogP contribution is -2.30. The highest BCUT2D eigenvalue weighted by atomic mass is 16.2. The summed E-state index contributed by atoms with van der Waals surface area (Å²) in [7, 11) is 0. The molecule has 0 spiro atoms. The monoisotopic (exact) mass is 198 g/mol. The third-order valence-electron chi connectivity index (χ3n) is 2.26. The minimum Gasteiger partial charge on any atom is -0.396 e. The lowest BCUT2D eigenvalue weighted by Gasteiger charge is -2.24. The lowest BCUT2D eigenvalue weighted by atomic mass is 9.88. The van der Waals surface area contributed by atoms with Crippen molar-refractivity contribution >= 4 is 0 Å². The zero-order valence-corrected chi connectivity index (χ0v) is 9.34. The number of hydrogen-bond acceptors (Lipinski definition) is 3. The standard InChI is InChI=1S/C11H22N2O/c1-11(2,6-5-9-14)10-13-8-4-3-7-12/h13-14H,3-6,8-10H2,1-2H3. The average molecular weight is 198 g/mol. The molecule has 3 heteroatoms. The van der Waals surface area contributed by atoms with Crippen molar-refractivity contribution in [1.82, 2.24) is 5.32 Å². The van der Waals surface area contributed by atoms with Gasteiger partial charge in [-0.15, -0.1) is 0 Å². The number of hydrogen-bond donors (Lipinski definition) is 2. The molecule has 0 rings (SSSR count). The van der Waals surface area contributed by atoms with E-state index in [0.717, 1.165) is 32.4 Å². The minimum atomic E-state index is 0.245. The first-order chi connectivity index (χ1) is 6.62. The van der Waals surface area contributed by atoms with Crippen LogP contribution >= 0.6 is 0 Å². The molecule has 0 aliphatic carbocycles. The molecular weight excluding hydrogens is 176 g/mol. The number of nitriles is 1. The van der Waals surface area contributed by atoms with Crippen LogP contribution in [0.5, 0.6) is 0 Å². The van der Waals surface area contributed by atoms with Crippen LogP contribution in [0.4, 0.5) is 0 Å². The van der Waals surface area contributed by atoms with Gasteiger partial charge in [0, 0.05) is 19.6 Å². The summed E-state index contributed by atoms with van der Waals surface area (Å²) < 4.78 is 0. The Morgan fingerprint density at radius 3 is 2.64 bits per heavy atom. The molecule has 0 aromatic heterocycles. The fraction of sp³-hybridized carbons (Fsp3) is 0.909. The van der Waals surface area contributed by atoms with Crippen molar-refractivity contribution in [2.24, 2.45) is 5.41 Å². The third-order valence-corrected chi connectivity index (χ3v) is 2.26. The maximum Gasteiger partial charge on any atom is 0.0622 e. The molecule has 0 saturated carbocycles. The van der Waals surface area contributed by atoms with E-state index >= 15 is 0 Å². The summed E-state index contributed by atoms with van der Waals surface area (Å²) in [6.07, 6.45) is 3.46. The van der Waals surface area contributed by atoms with Gasteiger partial charge in [0.15, 0.2) is 0 Å². The smallest absolute Gasteiger partial charge is 0.0622 e. The van der Waals surface area contributed by atoms with Crippen LogP contribution in [-0.4, -0.2) is 24.8 Å². The van der Waals surface area contributed by atoms with Gasteiger partial charge < -0.3 is 10.4 Å². The predicted octanol–water partition coefficient (Wildman–Crippen LogP) is 1.68. The van der Waals surface area contributed by atoms with Gasteiger partial charge in [0.25, 0.3) is 0 Å². The Bertz CT molecular complexity index is 173. The molecule has 0 aromatic carbocycles. The van der Waals surface area contributed by atoms with E-state index < -0.39 is 0 Å². The molecule has 0 aromatic rings. The molecule has 0 atom stereocenters. The first-order valence-corrected chi connectivity index (χ1v) is 5.31. The molecule has 0 bridgehead atoms. The molecule has 14 heavy (non-hydrogen) atoms. The number of nitrogens with zero attached hydrogens (tertiary/aromatic N) is 1. The Hall–Kier alpha value is -0.590. The van der Waals surface area contributed by atoms with Gasteiger partial charge >= 0.3 is 0 Å². The maximum absolute atomic E-state index is 8.71. The van der Waals surface area contributed by atoms with Gasteiger partial charge in [-0.1, -0.05) is 13.8 Å². The normalized spacial score (nSPS) is 11.3. The molecule has 0 amide bonds. The molecule has 0 saturated heterocycles. The number of nitrogens with one attached hydrogen (secondary N) is 1. The molecule has 0 heterocycles. The van der Waals surface area contributed by atoms with Gasteiger partial charge in [-0.25, -0.2) is 0 Å². The van der Waals surface area contributed by atoms with E-state index in [1.54, 1.807) is 0 Å². The van der Waals surface area contributed by atoms with Crippen LogP contribution < -0.4 is 5.32 Å². The average Bonchev–Trinajstić information content (AvgIpc) is 2.15. The fourth-order valence-corrected chi connectivity index (χ4v) is 1.37. The molecule has 0 fully saturated rings. The van der Waals surface area contributed by atoms with Crippen molar-refractivity contribution in [3.8, 4) is 6.07 Å².